The van der Waals surface area contributed by atoms with E-state index in [4.69, 9.17) is 9.78 Å². The van der Waals surface area contributed by atoms with Crippen LogP contribution in [-0.4, -0.2) is 19.3 Å². The predicted molar refractivity (Wildman–Crippen MR) is 347 cm³/mol. The van der Waals surface area contributed by atoms with Gasteiger partial charge in [-0.25, -0.2) is 8.78 Å². The number of aromatic hydroxyl groups is 2. The molecule has 8 heteroatoms. The summed E-state index contributed by atoms with van der Waals surface area (Å²) in [6.07, 6.45) is 17.6. The topological polar surface area (TPSA) is 68.8 Å². The molecule has 8 aromatic carbocycles. The zero-order chi connectivity index (χ0) is 59.3. The number of hydrogen-bond donors (Lipinski definition) is 2. The maximum atomic E-state index is 16.1. The number of halogens is 2. The second-order valence-electron chi connectivity index (χ2n) is 25.0. The van der Waals surface area contributed by atoms with E-state index in [0.29, 0.717) is 22.5 Å². The summed E-state index contributed by atoms with van der Waals surface area (Å²) in [4.78, 5) is 12.8. The minimum atomic E-state index is -0.528. The van der Waals surface area contributed by atoms with Crippen LogP contribution in [0.15, 0.2) is 140 Å². The molecule has 10 aromatic rings. The van der Waals surface area contributed by atoms with Crippen molar-refractivity contribution in [2.45, 2.75) is 182 Å². The van der Waals surface area contributed by atoms with Crippen LogP contribution in [0.2, 0.25) is 0 Å². The van der Waals surface area contributed by atoms with Crippen LogP contribution in [0.4, 0.5) is 8.78 Å². The first-order valence-electron chi connectivity index (χ1n) is 31.4. The van der Waals surface area contributed by atoms with E-state index in [-0.39, 0.29) is 45.0 Å². The third-order valence-corrected chi connectivity index (χ3v) is 17.8. The van der Waals surface area contributed by atoms with Crippen molar-refractivity contribution in [2.75, 3.05) is 0 Å². The van der Waals surface area contributed by atoms with E-state index < -0.39 is 11.6 Å². The predicted octanol–water partition coefficient (Wildman–Crippen LogP) is 22.0. The maximum Gasteiger partial charge on any atom is 0.186 e. The van der Waals surface area contributed by atoms with E-state index >= 15 is 8.78 Å². The van der Waals surface area contributed by atoms with Crippen molar-refractivity contribution in [1.82, 2.24) is 9.13 Å². The lowest BCUT2D eigenvalue weighted by Crippen LogP contribution is -2.18. The van der Waals surface area contributed by atoms with E-state index in [9.17, 15) is 10.2 Å². The van der Waals surface area contributed by atoms with Crippen LogP contribution < -0.4 is 9.78 Å². The van der Waals surface area contributed by atoms with Crippen molar-refractivity contribution in [3.8, 4) is 56.6 Å². The molecule has 0 aliphatic carbocycles. The molecule has 0 spiro atoms. The van der Waals surface area contributed by atoms with Gasteiger partial charge in [0.15, 0.2) is 11.5 Å². The second-order valence-corrected chi connectivity index (χ2v) is 25.0. The number of phenolic OH excluding ortho intramolecular Hbond substituents is 2. The molecule has 0 amide bonds. The van der Waals surface area contributed by atoms with Crippen LogP contribution in [0.5, 0.6) is 23.0 Å². The highest BCUT2D eigenvalue weighted by atomic mass is 19.1. The Labute approximate surface area is 497 Å². The van der Waals surface area contributed by atoms with Crippen LogP contribution >= 0.6 is 0 Å². The standard InChI is InChI=1S/C76H86F2N2O4/c1-10-15-22-39-75(6,7)53-44-63(73(81)69(46-53)79-65-28-21-20-27-57(65)58-41-50(24-17-12-3)29-34-66(58)79)61-48-55(77)32-37-71(61)83-84-72-38-33-56(78)49-62(72)64-45-54(76(8,9)40-23-16-11-2)47-70(74(64)82)80-67-35-30-51(25-18-13-4)42-59(67)60-43-52(26-19-14-5)31-36-68(60)80/h20-21,27-38,41-49,81-82H,10-19,22-26,39-40H2,1-9H3. The van der Waals surface area contributed by atoms with Gasteiger partial charge in [-0.05, 0) is 193 Å². The number of aromatic nitrogens is 2. The van der Waals surface area contributed by atoms with Gasteiger partial charge < -0.3 is 19.3 Å². The molecule has 2 N–H and O–H groups in total. The molecule has 6 nitrogen and oxygen atoms in total. The zero-order valence-electron chi connectivity index (χ0n) is 51.2. The molecule has 0 fully saturated rings. The molecule has 0 aliphatic heterocycles. The van der Waals surface area contributed by atoms with Crippen molar-refractivity contribution in [3.05, 3.63) is 179 Å². The number of nitrogens with zero attached hydrogens (tertiary/aromatic N) is 2. The summed E-state index contributed by atoms with van der Waals surface area (Å²) in [5.41, 5.74) is 11.3. The van der Waals surface area contributed by atoms with Crippen molar-refractivity contribution in [2.24, 2.45) is 0 Å². The third kappa shape index (κ3) is 12.2. The van der Waals surface area contributed by atoms with Crippen molar-refractivity contribution in [1.29, 1.82) is 0 Å². The van der Waals surface area contributed by atoms with E-state index in [1.54, 1.807) is 0 Å². The number of hydrogen-bond acceptors (Lipinski definition) is 4. The van der Waals surface area contributed by atoms with Crippen LogP contribution in [0, 0.1) is 11.6 Å². The Morgan fingerprint density at radius 1 is 0.381 bits per heavy atom. The Bertz CT molecular complexity index is 3910. The van der Waals surface area contributed by atoms with Crippen LogP contribution in [0.1, 0.15) is 180 Å². The minimum Gasteiger partial charge on any atom is -0.505 e. The molecule has 0 saturated carbocycles. The molecule has 84 heavy (non-hydrogen) atoms. The fraction of sp³-hybridized carbons (Fsp3) is 0.368. The zero-order valence-corrected chi connectivity index (χ0v) is 51.2. The van der Waals surface area contributed by atoms with E-state index in [1.165, 1.54) is 53.1 Å². The number of aryl methyl sites for hydroxylation is 3. The molecule has 0 aliphatic rings. The summed E-state index contributed by atoms with van der Waals surface area (Å²) < 4.78 is 36.4. The van der Waals surface area contributed by atoms with Gasteiger partial charge in [0.05, 0.1) is 33.4 Å². The molecule has 0 unspecified atom stereocenters. The SMILES string of the molecule is CCCCCC(C)(C)c1cc(-c2cc(F)ccc2OOc2ccc(F)cc2-c2cc(C(C)(C)CCCCC)cc(-n3c4ccc(CCCC)cc4c4cc(CCCC)ccc43)c2O)c(O)c(-n2c3ccccc3c3cc(CCCC)ccc32)c1. The maximum absolute atomic E-state index is 16.1. The average molecular weight is 1130 g/mol. The molecule has 10 rings (SSSR count). The van der Waals surface area contributed by atoms with Gasteiger partial charge in [-0.2, -0.15) is 0 Å². The highest BCUT2D eigenvalue weighted by Crippen LogP contribution is 2.49. The molecule has 0 bridgehead atoms. The number of phenols is 2. The van der Waals surface area contributed by atoms with Gasteiger partial charge in [0.1, 0.15) is 23.1 Å². The molecule has 0 radical (unpaired) electrons. The smallest absolute Gasteiger partial charge is 0.186 e. The Balaban J connectivity index is 1.13. The summed E-state index contributed by atoms with van der Waals surface area (Å²) in [7, 11) is 0. The fourth-order valence-corrected chi connectivity index (χ4v) is 12.6. The van der Waals surface area contributed by atoms with Crippen LogP contribution in [0.25, 0.3) is 77.2 Å². The number of unbranched alkanes of at least 4 members (excludes halogenated alkanes) is 7. The lowest BCUT2D eigenvalue weighted by molar-refractivity contribution is -0.0988. The number of rotatable bonds is 26. The Morgan fingerprint density at radius 2 is 0.750 bits per heavy atom. The normalized spacial score (nSPS) is 12.2. The lowest BCUT2D eigenvalue weighted by atomic mass is 9.78. The fourth-order valence-electron chi connectivity index (χ4n) is 12.6. The summed E-state index contributed by atoms with van der Waals surface area (Å²) >= 11 is 0. The first-order chi connectivity index (χ1) is 40.6. The lowest BCUT2D eigenvalue weighted by Gasteiger charge is -2.28. The first-order valence-corrected chi connectivity index (χ1v) is 31.4. The Morgan fingerprint density at radius 3 is 1.14 bits per heavy atom. The number of para-hydroxylation sites is 1. The van der Waals surface area contributed by atoms with Crippen molar-refractivity contribution in [3.63, 3.8) is 0 Å². The molecule has 2 aromatic heterocycles. The van der Waals surface area contributed by atoms with Crippen molar-refractivity contribution < 1.29 is 28.8 Å². The molecular formula is C76H86F2N2O4. The van der Waals surface area contributed by atoms with Crippen LogP contribution in [-0.2, 0) is 30.1 Å². The van der Waals surface area contributed by atoms with Gasteiger partial charge in [0.2, 0.25) is 0 Å². The first kappa shape index (κ1) is 59.6. The van der Waals surface area contributed by atoms with E-state index in [0.717, 1.165) is 164 Å². The molecule has 438 valence electrons. The highest BCUT2D eigenvalue weighted by Gasteiger charge is 2.30. The molecular weight excluding hydrogens is 1040 g/mol. The van der Waals surface area contributed by atoms with Gasteiger partial charge >= 0.3 is 0 Å². The second kappa shape index (κ2) is 25.7. The van der Waals surface area contributed by atoms with Gasteiger partial charge in [-0.15, -0.1) is 0 Å². The van der Waals surface area contributed by atoms with Crippen LogP contribution in [0.3, 0.4) is 0 Å². The number of benzene rings is 8. The summed E-state index contributed by atoms with van der Waals surface area (Å²) in [5.74, 6) is -0.870. The highest BCUT2D eigenvalue weighted by molar-refractivity contribution is 6.11. The quantitative estimate of drug-likeness (QED) is 0.0322. The Hall–Kier alpha value is -7.58. The van der Waals surface area contributed by atoms with Crippen molar-refractivity contribution >= 4 is 43.6 Å². The minimum absolute atomic E-state index is 0.0389. The molecule has 0 saturated heterocycles. The Kier molecular flexibility index (Phi) is 18.2. The largest absolute Gasteiger partial charge is 0.505 e. The third-order valence-electron chi connectivity index (χ3n) is 17.8. The molecule has 2 heterocycles. The summed E-state index contributed by atoms with van der Waals surface area (Å²) in [6, 6.07) is 44.9. The monoisotopic (exact) mass is 1130 g/mol. The van der Waals surface area contributed by atoms with E-state index in [2.05, 4.69) is 156 Å². The van der Waals surface area contributed by atoms with Gasteiger partial charge in [-0.1, -0.05) is 156 Å². The van der Waals surface area contributed by atoms with Gasteiger partial charge in [-0.3, -0.25) is 9.78 Å². The van der Waals surface area contributed by atoms with Gasteiger partial charge in [0.25, 0.3) is 0 Å². The summed E-state index contributed by atoms with van der Waals surface area (Å²) in [6.45, 7) is 20.0. The summed E-state index contributed by atoms with van der Waals surface area (Å²) in [5, 5.41) is 30.4. The van der Waals surface area contributed by atoms with Gasteiger partial charge in [0, 0.05) is 43.8 Å². The van der Waals surface area contributed by atoms with E-state index in [1.807, 2.05) is 18.2 Å². The number of fused-ring (bicyclic) bond motifs is 6. The molecule has 0 atom stereocenters. The average Bonchev–Trinajstić information content (AvgIpc) is 1.89.